The molecule has 0 saturated heterocycles. The minimum Gasteiger partial charge on any atom is -0.493 e. The normalized spacial score (nSPS) is 15.8. The van der Waals surface area contributed by atoms with Gasteiger partial charge in [-0.2, -0.15) is 4.68 Å². The van der Waals surface area contributed by atoms with Crippen molar-refractivity contribution in [1.29, 1.82) is 0 Å². The molecule has 1 N–H and O–H groups in total. The first-order valence-corrected chi connectivity index (χ1v) is 7.84. The number of hydrogen-bond acceptors (Lipinski definition) is 6. The summed E-state index contributed by atoms with van der Waals surface area (Å²) in [6.07, 6.45) is 2.10. The summed E-state index contributed by atoms with van der Waals surface area (Å²) in [7, 11) is 3.24. The first kappa shape index (κ1) is 15.2. The zero-order valence-electron chi connectivity index (χ0n) is 13.9. The fourth-order valence-electron chi connectivity index (χ4n) is 2.91. The van der Waals surface area contributed by atoms with Crippen LogP contribution in [0.15, 0.2) is 54.6 Å². The lowest BCUT2D eigenvalue weighted by Gasteiger charge is -2.24. The van der Waals surface area contributed by atoms with Gasteiger partial charge in [0, 0.05) is 5.70 Å². The van der Waals surface area contributed by atoms with E-state index in [-0.39, 0.29) is 6.04 Å². The summed E-state index contributed by atoms with van der Waals surface area (Å²) in [5, 5.41) is 15.3. The van der Waals surface area contributed by atoms with Crippen LogP contribution in [0.5, 0.6) is 11.5 Å². The van der Waals surface area contributed by atoms with E-state index in [2.05, 4.69) is 26.9 Å². The molecule has 1 aliphatic rings. The molecule has 2 heterocycles. The van der Waals surface area contributed by atoms with E-state index < -0.39 is 0 Å². The maximum Gasteiger partial charge on any atom is 0.248 e. The molecule has 25 heavy (non-hydrogen) atoms. The van der Waals surface area contributed by atoms with Gasteiger partial charge in [-0.05, 0) is 39.8 Å². The minimum absolute atomic E-state index is 0.152. The number of nitrogens with zero attached hydrogens (tertiary/aromatic N) is 4. The van der Waals surface area contributed by atoms with Gasteiger partial charge in [0.2, 0.25) is 5.95 Å². The maximum absolute atomic E-state index is 5.43. The van der Waals surface area contributed by atoms with Gasteiger partial charge in [0.05, 0.1) is 14.2 Å². The number of anilines is 1. The zero-order valence-corrected chi connectivity index (χ0v) is 13.9. The second-order valence-corrected chi connectivity index (χ2v) is 5.58. The quantitative estimate of drug-likeness (QED) is 0.790. The molecule has 0 aliphatic carbocycles. The number of nitrogens with one attached hydrogen (secondary N) is 1. The minimum atomic E-state index is -0.152. The van der Waals surface area contributed by atoms with E-state index in [1.54, 1.807) is 18.9 Å². The second-order valence-electron chi connectivity index (χ2n) is 5.58. The summed E-state index contributed by atoms with van der Waals surface area (Å²) >= 11 is 0. The standard InChI is InChI=1S/C18H17N5O2/c1-24-16-9-8-13(10-17(16)25-2)15-11-14(12-6-4-3-5-7-12)19-18-20-21-22-23(15)18/h3-11,15H,1-2H3,(H,19,20,22)/t15-/m0/s1. The van der Waals surface area contributed by atoms with E-state index in [0.29, 0.717) is 17.4 Å². The van der Waals surface area contributed by atoms with Crippen molar-refractivity contribution in [1.82, 2.24) is 20.2 Å². The third kappa shape index (κ3) is 2.69. The Morgan fingerprint density at radius 2 is 1.80 bits per heavy atom. The van der Waals surface area contributed by atoms with Crippen molar-refractivity contribution in [3.8, 4) is 11.5 Å². The van der Waals surface area contributed by atoms with Gasteiger partial charge in [0.15, 0.2) is 11.5 Å². The van der Waals surface area contributed by atoms with E-state index in [1.807, 2.05) is 48.5 Å². The molecule has 1 aromatic heterocycles. The van der Waals surface area contributed by atoms with Gasteiger partial charge in [-0.3, -0.25) is 0 Å². The highest BCUT2D eigenvalue weighted by Crippen LogP contribution is 2.35. The number of fused-ring (bicyclic) bond motifs is 1. The molecule has 0 radical (unpaired) electrons. The Balaban J connectivity index is 1.81. The lowest BCUT2D eigenvalue weighted by molar-refractivity contribution is 0.354. The first-order valence-electron chi connectivity index (χ1n) is 7.84. The number of methoxy groups -OCH3 is 2. The lowest BCUT2D eigenvalue weighted by atomic mass is 10.0. The predicted molar refractivity (Wildman–Crippen MR) is 93.5 cm³/mol. The van der Waals surface area contributed by atoms with E-state index in [4.69, 9.17) is 9.47 Å². The van der Waals surface area contributed by atoms with Crippen LogP contribution in [0.25, 0.3) is 5.70 Å². The molecule has 0 unspecified atom stereocenters. The fraction of sp³-hybridized carbons (Fsp3) is 0.167. The van der Waals surface area contributed by atoms with Crippen molar-refractivity contribution >= 4 is 11.6 Å². The monoisotopic (exact) mass is 335 g/mol. The summed E-state index contributed by atoms with van der Waals surface area (Å²) in [6, 6.07) is 15.7. The fourth-order valence-corrected chi connectivity index (χ4v) is 2.91. The van der Waals surface area contributed by atoms with Crippen molar-refractivity contribution in [3.05, 3.63) is 65.7 Å². The van der Waals surface area contributed by atoms with Crippen LogP contribution in [0.4, 0.5) is 5.95 Å². The van der Waals surface area contributed by atoms with Crippen LogP contribution >= 0.6 is 0 Å². The summed E-state index contributed by atoms with van der Waals surface area (Å²) in [4.78, 5) is 0. The van der Waals surface area contributed by atoms with Crippen molar-refractivity contribution < 1.29 is 9.47 Å². The number of aromatic nitrogens is 4. The van der Waals surface area contributed by atoms with Crippen LogP contribution in [-0.2, 0) is 0 Å². The highest BCUT2D eigenvalue weighted by molar-refractivity contribution is 5.76. The number of rotatable bonds is 4. The zero-order chi connectivity index (χ0) is 17.2. The van der Waals surface area contributed by atoms with E-state index in [9.17, 15) is 0 Å². The topological polar surface area (TPSA) is 74.1 Å². The predicted octanol–water partition coefficient (Wildman–Crippen LogP) is 2.75. The van der Waals surface area contributed by atoms with Gasteiger partial charge in [-0.15, -0.1) is 0 Å². The number of ether oxygens (including phenoxy) is 2. The Bertz CT molecular complexity index is 920. The Hall–Kier alpha value is -3.35. The molecule has 3 aromatic rings. The van der Waals surface area contributed by atoms with E-state index >= 15 is 0 Å². The summed E-state index contributed by atoms with van der Waals surface area (Å²) in [6.45, 7) is 0. The Kier molecular flexibility index (Phi) is 3.81. The Morgan fingerprint density at radius 1 is 1.00 bits per heavy atom. The highest BCUT2D eigenvalue weighted by Gasteiger charge is 2.25. The first-order chi connectivity index (χ1) is 12.3. The molecule has 7 nitrogen and oxygen atoms in total. The molecular weight excluding hydrogens is 318 g/mol. The van der Waals surface area contributed by atoms with Crippen molar-refractivity contribution in [3.63, 3.8) is 0 Å². The molecule has 1 atom stereocenters. The average Bonchev–Trinajstić information content (AvgIpc) is 3.16. The van der Waals surface area contributed by atoms with Crippen LogP contribution in [0.1, 0.15) is 17.2 Å². The van der Waals surface area contributed by atoms with Crippen LogP contribution < -0.4 is 14.8 Å². The molecule has 1 aliphatic heterocycles. The molecule has 0 fully saturated rings. The van der Waals surface area contributed by atoms with Crippen LogP contribution in [0.3, 0.4) is 0 Å². The molecule has 0 saturated carbocycles. The SMILES string of the molecule is COc1ccc([C@@H]2C=C(c3ccccc3)Nc3nnnn32)cc1OC. The van der Waals surface area contributed by atoms with Gasteiger partial charge in [-0.25, -0.2) is 0 Å². The van der Waals surface area contributed by atoms with Gasteiger partial charge in [0.1, 0.15) is 6.04 Å². The van der Waals surface area contributed by atoms with Crippen LogP contribution in [0.2, 0.25) is 0 Å². The van der Waals surface area contributed by atoms with Crippen LogP contribution in [0, 0.1) is 0 Å². The highest BCUT2D eigenvalue weighted by atomic mass is 16.5. The van der Waals surface area contributed by atoms with Gasteiger partial charge >= 0.3 is 0 Å². The Morgan fingerprint density at radius 3 is 2.56 bits per heavy atom. The third-order valence-corrected chi connectivity index (χ3v) is 4.16. The number of allylic oxidation sites excluding steroid dienone is 1. The molecule has 0 amide bonds. The number of hydrogen-bond donors (Lipinski definition) is 1. The summed E-state index contributed by atoms with van der Waals surface area (Å²) in [5.74, 6) is 1.95. The van der Waals surface area contributed by atoms with E-state index in [1.165, 1.54) is 0 Å². The van der Waals surface area contributed by atoms with Gasteiger partial charge in [0.25, 0.3) is 0 Å². The van der Waals surface area contributed by atoms with Gasteiger partial charge in [-0.1, -0.05) is 41.5 Å². The molecule has 126 valence electrons. The summed E-state index contributed by atoms with van der Waals surface area (Å²) < 4.78 is 12.5. The number of benzene rings is 2. The molecule has 7 heteroatoms. The molecule has 0 bridgehead atoms. The van der Waals surface area contributed by atoms with Crippen molar-refractivity contribution in [2.24, 2.45) is 0 Å². The molecular formula is C18H17N5O2. The van der Waals surface area contributed by atoms with Gasteiger partial charge < -0.3 is 14.8 Å². The van der Waals surface area contributed by atoms with E-state index in [0.717, 1.165) is 16.8 Å². The molecule has 2 aromatic carbocycles. The maximum atomic E-state index is 5.43. The lowest BCUT2D eigenvalue weighted by Crippen LogP contribution is -2.20. The van der Waals surface area contributed by atoms with Crippen molar-refractivity contribution in [2.75, 3.05) is 19.5 Å². The Labute approximate surface area is 144 Å². The summed E-state index contributed by atoms with van der Waals surface area (Å²) in [5.41, 5.74) is 3.03. The third-order valence-electron chi connectivity index (χ3n) is 4.16. The molecule has 4 rings (SSSR count). The second kappa shape index (κ2) is 6.27. The van der Waals surface area contributed by atoms with Crippen molar-refractivity contribution in [2.45, 2.75) is 6.04 Å². The largest absolute Gasteiger partial charge is 0.493 e. The van der Waals surface area contributed by atoms with Crippen LogP contribution in [-0.4, -0.2) is 34.4 Å². The smallest absolute Gasteiger partial charge is 0.248 e. The average molecular weight is 335 g/mol. The number of tetrazole rings is 1. The molecule has 0 spiro atoms.